The number of likely N-dealkylation sites (tertiary alicyclic amines) is 2. The van der Waals surface area contributed by atoms with Gasteiger partial charge in [-0.1, -0.05) is 0 Å². The zero-order valence-electron chi connectivity index (χ0n) is 11.7. The molecule has 2 rings (SSSR count). The topological polar surface area (TPSA) is 77.9 Å². The van der Waals surface area contributed by atoms with Gasteiger partial charge in [0.15, 0.2) is 0 Å². The second-order valence-corrected chi connectivity index (χ2v) is 5.59. The third-order valence-corrected chi connectivity index (χ3v) is 4.14. The Morgan fingerprint density at radius 3 is 2.65 bits per heavy atom. The fourth-order valence-electron chi connectivity index (χ4n) is 3.04. The summed E-state index contributed by atoms with van der Waals surface area (Å²) in [5.74, 6) is -0.800. The number of aliphatic carboxylic acids is 1. The quantitative estimate of drug-likeness (QED) is 0.811. The fourth-order valence-corrected chi connectivity index (χ4v) is 3.04. The van der Waals surface area contributed by atoms with Crippen molar-refractivity contribution >= 4 is 17.8 Å². The fraction of sp³-hybridized carbons (Fsp3) is 0.786. The molecule has 6 heteroatoms. The highest BCUT2D eigenvalue weighted by Crippen LogP contribution is 2.22. The minimum absolute atomic E-state index is 0.0186. The molecule has 112 valence electrons. The van der Waals surface area contributed by atoms with Gasteiger partial charge in [-0.15, -0.1) is 0 Å². The first-order valence-electron chi connectivity index (χ1n) is 7.37. The van der Waals surface area contributed by atoms with E-state index in [1.807, 2.05) is 0 Å². The summed E-state index contributed by atoms with van der Waals surface area (Å²) in [6, 6.07) is 0.0186. The van der Waals surface area contributed by atoms with Crippen LogP contribution < -0.4 is 0 Å². The molecular formula is C14H22N2O4. The van der Waals surface area contributed by atoms with Crippen LogP contribution in [-0.4, -0.2) is 58.4 Å². The molecule has 0 aromatic rings. The Hall–Kier alpha value is -1.59. The lowest BCUT2D eigenvalue weighted by Gasteiger charge is -2.36. The van der Waals surface area contributed by atoms with Crippen LogP contribution in [0.3, 0.4) is 0 Å². The summed E-state index contributed by atoms with van der Waals surface area (Å²) in [5, 5.41) is 8.78. The Bertz CT molecular complexity index is 397. The lowest BCUT2D eigenvalue weighted by Crippen LogP contribution is -2.48. The summed E-state index contributed by atoms with van der Waals surface area (Å²) in [7, 11) is 0. The van der Waals surface area contributed by atoms with Crippen LogP contribution >= 0.6 is 0 Å². The summed E-state index contributed by atoms with van der Waals surface area (Å²) in [6.07, 6.45) is 4.84. The largest absolute Gasteiger partial charge is 0.481 e. The van der Waals surface area contributed by atoms with Gasteiger partial charge in [-0.25, -0.2) is 0 Å². The SMILES string of the molecule is O=C(O)CC[C@H]1CCCCN1C(=O)CN1CCCC1=O. The van der Waals surface area contributed by atoms with Crippen molar-refractivity contribution in [1.82, 2.24) is 9.80 Å². The molecule has 0 bridgehead atoms. The maximum atomic E-state index is 12.3. The van der Waals surface area contributed by atoms with E-state index in [2.05, 4.69) is 0 Å². The summed E-state index contributed by atoms with van der Waals surface area (Å²) >= 11 is 0. The van der Waals surface area contributed by atoms with Gasteiger partial charge in [-0.05, 0) is 32.1 Å². The van der Waals surface area contributed by atoms with Gasteiger partial charge in [0.1, 0.15) is 0 Å². The molecule has 2 aliphatic heterocycles. The number of carboxylic acids is 1. The number of rotatable bonds is 5. The highest BCUT2D eigenvalue weighted by atomic mass is 16.4. The standard InChI is InChI=1S/C14H22N2O4/c17-12-5-3-8-15(12)10-13(18)16-9-2-1-4-11(16)6-7-14(19)20/h11H,1-10H2,(H,19,20)/t11-/m1/s1. The zero-order chi connectivity index (χ0) is 14.5. The van der Waals surface area contributed by atoms with Crippen LogP contribution in [0.4, 0.5) is 0 Å². The molecule has 0 aliphatic carbocycles. The van der Waals surface area contributed by atoms with Crippen LogP contribution in [0.2, 0.25) is 0 Å². The number of piperidine rings is 1. The molecule has 0 radical (unpaired) electrons. The molecule has 0 aromatic heterocycles. The molecule has 2 heterocycles. The lowest BCUT2D eigenvalue weighted by molar-refractivity contribution is -0.142. The van der Waals surface area contributed by atoms with Gasteiger partial charge in [0, 0.05) is 32.0 Å². The van der Waals surface area contributed by atoms with Gasteiger partial charge in [-0.3, -0.25) is 14.4 Å². The second-order valence-electron chi connectivity index (χ2n) is 5.59. The maximum absolute atomic E-state index is 12.3. The summed E-state index contributed by atoms with van der Waals surface area (Å²) < 4.78 is 0. The Balaban J connectivity index is 1.90. The molecule has 0 unspecified atom stereocenters. The van der Waals surface area contributed by atoms with Gasteiger partial charge < -0.3 is 14.9 Å². The Labute approximate surface area is 118 Å². The van der Waals surface area contributed by atoms with E-state index in [0.717, 1.165) is 25.7 Å². The monoisotopic (exact) mass is 282 g/mol. The van der Waals surface area contributed by atoms with Crippen molar-refractivity contribution in [2.24, 2.45) is 0 Å². The molecule has 20 heavy (non-hydrogen) atoms. The highest BCUT2D eigenvalue weighted by Gasteiger charge is 2.30. The number of carbonyl (C=O) groups is 3. The Morgan fingerprint density at radius 2 is 2.00 bits per heavy atom. The third kappa shape index (κ3) is 3.71. The van der Waals surface area contributed by atoms with E-state index in [-0.39, 0.29) is 30.8 Å². The van der Waals surface area contributed by atoms with Crippen LogP contribution in [0, 0.1) is 0 Å². The molecule has 2 aliphatic rings. The zero-order valence-corrected chi connectivity index (χ0v) is 11.7. The molecule has 2 amide bonds. The molecule has 1 N–H and O–H groups in total. The average molecular weight is 282 g/mol. The van der Waals surface area contributed by atoms with Gasteiger partial charge in [0.2, 0.25) is 11.8 Å². The highest BCUT2D eigenvalue weighted by molar-refractivity contribution is 5.86. The normalized spacial score (nSPS) is 23.2. The van der Waals surface area contributed by atoms with Crippen molar-refractivity contribution in [3.63, 3.8) is 0 Å². The van der Waals surface area contributed by atoms with Crippen LogP contribution in [0.5, 0.6) is 0 Å². The molecule has 0 aromatic carbocycles. The van der Waals surface area contributed by atoms with Crippen molar-refractivity contribution in [3.8, 4) is 0 Å². The van der Waals surface area contributed by atoms with Crippen molar-refractivity contribution in [1.29, 1.82) is 0 Å². The van der Waals surface area contributed by atoms with Crippen molar-refractivity contribution in [2.45, 2.75) is 51.0 Å². The van der Waals surface area contributed by atoms with Gasteiger partial charge in [-0.2, -0.15) is 0 Å². The van der Waals surface area contributed by atoms with Gasteiger partial charge >= 0.3 is 5.97 Å². The van der Waals surface area contributed by atoms with Crippen LogP contribution in [-0.2, 0) is 14.4 Å². The number of hydrogen-bond acceptors (Lipinski definition) is 3. The Morgan fingerprint density at radius 1 is 1.20 bits per heavy atom. The predicted molar refractivity (Wildman–Crippen MR) is 72.0 cm³/mol. The van der Waals surface area contributed by atoms with Crippen LogP contribution in [0.25, 0.3) is 0 Å². The van der Waals surface area contributed by atoms with E-state index in [0.29, 0.717) is 25.9 Å². The Kier molecular flexibility index (Phi) is 4.98. The maximum Gasteiger partial charge on any atom is 0.303 e. The summed E-state index contributed by atoms with van der Waals surface area (Å²) in [5.41, 5.74) is 0. The van der Waals surface area contributed by atoms with E-state index in [1.165, 1.54) is 0 Å². The molecule has 1 atom stereocenters. The van der Waals surface area contributed by atoms with Gasteiger partial charge in [0.25, 0.3) is 0 Å². The predicted octanol–water partition coefficient (Wildman–Crippen LogP) is 0.855. The minimum Gasteiger partial charge on any atom is -0.481 e. The first-order valence-corrected chi connectivity index (χ1v) is 7.37. The molecular weight excluding hydrogens is 260 g/mol. The molecule has 2 saturated heterocycles. The van der Waals surface area contributed by atoms with E-state index < -0.39 is 5.97 Å². The number of carbonyl (C=O) groups excluding carboxylic acids is 2. The van der Waals surface area contributed by atoms with Crippen LogP contribution in [0.15, 0.2) is 0 Å². The number of carboxylic acid groups (broad SMARTS) is 1. The third-order valence-electron chi connectivity index (χ3n) is 4.14. The van der Waals surface area contributed by atoms with Crippen molar-refractivity contribution in [3.05, 3.63) is 0 Å². The molecule has 6 nitrogen and oxygen atoms in total. The number of hydrogen-bond donors (Lipinski definition) is 1. The first kappa shape index (κ1) is 14.8. The van der Waals surface area contributed by atoms with Crippen molar-refractivity contribution in [2.75, 3.05) is 19.6 Å². The van der Waals surface area contributed by atoms with Gasteiger partial charge in [0.05, 0.1) is 6.54 Å². The number of nitrogens with zero attached hydrogens (tertiary/aromatic N) is 2. The summed E-state index contributed by atoms with van der Waals surface area (Å²) in [4.78, 5) is 38.0. The van der Waals surface area contributed by atoms with Crippen molar-refractivity contribution < 1.29 is 19.5 Å². The molecule has 2 fully saturated rings. The molecule has 0 spiro atoms. The van der Waals surface area contributed by atoms with E-state index in [9.17, 15) is 14.4 Å². The van der Waals surface area contributed by atoms with E-state index in [1.54, 1.807) is 9.80 Å². The van der Waals surface area contributed by atoms with E-state index >= 15 is 0 Å². The van der Waals surface area contributed by atoms with Crippen LogP contribution in [0.1, 0.15) is 44.9 Å². The average Bonchev–Trinajstić information content (AvgIpc) is 2.82. The lowest BCUT2D eigenvalue weighted by atomic mass is 9.98. The minimum atomic E-state index is -0.822. The van der Waals surface area contributed by atoms with E-state index in [4.69, 9.17) is 5.11 Å². The number of amides is 2. The second kappa shape index (κ2) is 6.72. The smallest absolute Gasteiger partial charge is 0.303 e. The molecule has 0 saturated carbocycles. The summed E-state index contributed by atoms with van der Waals surface area (Å²) in [6.45, 7) is 1.51. The first-order chi connectivity index (χ1) is 9.58.